The Morgan fingerprint density at radius 2 is 1.25 bits per heavy atom. The third-order valence-corrected chi connectivity index (χ3v) is 10.3. The van der Waals surface area contributed by atoms with Gasteiger partial charge in [-0.15, -0.1) is 12.4 Å². The highest BCUT2D eigenvalue weighted by Gasteiger charge is 2.32. The summed E-state index contributed by atoms with van der Waals surface area (Å²) < 4.78 is 60.7. The highest BCUT2D eigenvalue weighted by molar-refractivity contribution is 5.95. The smallest absolute Gasteiger partial charge is 0.338 e. The average Bonchev–Trinajstić information content (AvgIpc) is 4.17. The Balaban J connectivity index is 0.000000169. The van der Waals surface area contributed by atoms with Crippen molar-refractivity contribution in [2.24, 2.45) is 5.92 Å². The number of benzene rings is 2. The Kier molecular flexibility index (Phi) is 13.4. The van der Waals surface area contributed by atoms with E-state index in [4.69, 9.17) is 16.9 Å². The molecule has 4 aromatic heterocycles. The van der Waals surface area contributed by atoms with Gasteiger partial charge >= 0.3 is 5.97 Å². The Bertz CT molecular complexity index is 2770. The molecule has 6 heterocycles. The fraction of sp³-hybridized carbons (Fsp3) is 0.286. The molecule has 6 aromatic rings. The molecule has 4 N–H and O–H groups in total. The minimum Gasteiger partial charge on any atom is -0.478 e. The number of nitrogens with one attached hydrogen (secondary N) is 3. The minimum absolute atomic E-state index is 0. The number of hydrogen-bond donors (Lipinski definition) is 4. The number of carbonyl (C=O) groups excluding carboxylic acids is 1. The maximum Gasteiger partial charge on any atom is 0.338 e. The summed E-state index contributed by atoms with van der Waals surface area (Å²) in [7, 11) is 0. The minimum atomic E-state index is -1.40. The van der Waals surface area contributed by atoms with Gasteiger partial charge in [0.1, 0.15) is 23.0 Å². The number of amides is 1. The van der Waals surface area contributed by atoms with E-state index in [1.54, 1.807) is 12.4 Å². The second-order valence-corrected chi connectivity index (χ2v) is 15.1. The quantitative estimate of drug-likeness (QED) is 0.0809. The van der Waals surface area contributed by atoms with Gasteiger partial charge in [0.2, 0.25) is 17.9 Å². The maximum atomic E-state index is 14.6. The van der Waals surface area contributed by atoms with Crippen molar-refractivity contribution in [1.29, 1.82) is 5.26 Å². The molecule has 2 saturated heterocycles. The summed E-state index contributed by atoms with van der Waals surface area (Å²) in [5.74, 6) is -5.03. The van der Waals surface area contributed by atoms with Crippen LogP contribution in [-0.4, -0.2) is 93.6 Å². The van der Waals surface area contributed by atoms with E-state index in [1.807, 2.05) is 21.8 Å². The molecule has 0 bridgehead atoms. The van der Waals surface area contributed by atoms with Crippen LogP contribution in [0.25, 0.3) is 27.4 Å². The van der Waals surface area contributed by atoms with Crippen molar-refractivity contribution < 1.29 is 32.3 Å². The number of nitriles is 1. The van der Waals surface area contributed by atoms with Gasteiger partial charge in [0.15, 0.2) is 11.6 Å². The van der Waals surface area contributed by atoms with Gasteiger partial charge < -0.3 is 30.8 Å². The van der Waals surface area contributed by atoms with Crippen LogP contribution in [0.3, 0.4) is 0 Å². The van der Waals surface area contributed by atoms with Gasteiger partial charge in [0.05, 0.1) is 84.4 Å². The van der Waals surface area contributed by atoms with Gasteiger partial charge in [0.25, 0.3) is 5.91 Å². The summed E-state index contributed by atoms with van der Waals surface area (Å²) in [6.07, 6.45) is 13.3. The second kappa shape index (κ2) is 19.3. The highest BCUT2D eigenvalue weighted by atomic mass is 35.5. The lowest BCUT2D eigenvalue weighted by molar-refractivity contribution is 0.0572. The van der Waals surface area contributed by atoms with E-state index in [2.05, 4.69) is 57.0 Å². The third kappa shape index (κ3) is 10.4. The normalized spacial score (nSPS) is 15.3. The van der Waals surface area contributed by atoms with Crippen molar-refractivity contribution in [3.8, 4) is 28.6 Å². The molecule has 10 rings (SSSR count). The van der Waals surface area contributed by atoms with Crippen LogP contribution in [0.5, 0.6) is 0 Å². The zero-order valence-electron chi connectivity index (χ0n) is 33.5. The summed E-state index contributed by atoms with van der Waals surface area (Å²) in [5.41, 5.74) is 0.790. The van der Waals surface area contributed by atoms with Crippen molar-refractivity contribution in [2.75, 3.05) is 36.8 Å². The number of hydrogen-bond acceptors (Lipinski definition) is 12. The Hall–Kier alpha value is -7.49. The van der Waals surface area contributed by atoms with Crippen LogP contribution in [0, 0.1) is 47.1 Å². The molecule has 2 aliphatic heterocycles. The number of carboxylic acids is 1. The first-order chi connectivity index (χ1) is 30.5. The van der Waals surface area contributed by atoms with Gasteiger partial charge in [-0.1, -0.05) is 12.1 Å². The third-order valence-electron chi connectivity index (χ3n) is 10.3. The molecule has 328 valence electrons. The lowest BCUT2D eigenvalue weighted by Gasteiger charge is -2.35. The number of carbonyl (C=O) groups is 2. The first kappa shape index (κ1) is 44.6. The van der Waals surface area contributed by atoms with Crippen LogP contribution in [0.4, 0.5) is 40.8 Å². The number of carboxylic acid groups (broad SMARTS) is 1. The summed E-state index contributed by atoms with van der Waals surface area (Å²) in [4.78, 5) is 44.0. The van der Waals surface area contributed by atoms with Gasteiger partial charge in [-0.3, -0.25) is 14.2 Å². The lowest BCUT2D eigenvalue weighted by Crippen LogP contribution is -2.49. The Morgan fingerprint density at radius 1 is 0.766 bits per heavy atom. The van der Waals surface area contributed by atoms with Crippen LogP contribution >= 0.6 is 12.4 Å². The van der Waals surface area contributed by atoms with E-state index in [0.29, 0.717) is 29.5 Å². The molecule has 4 aliphatic rings. The van der Waals surface area contributed by atoms with Crippen molar-refractivity contribution in [3.05, 3.63) is 119 Å². The number of aromatic nitrogens is 8. The topological polar surface area (TPSA) is 209 Å². The van der Waals surface area contributed by atoms with Crippen LogP contribution in [0.1, 0.15) is 58.5 Å². The highest BCUT2D eigenvalue weighted by Crippen LogP contribution is 2.36. The molecule has 1 amide bonds. The molecule has 64 heavy (non-hydrogen) atoms. The number of halogens is 5. The molecule has 2 aromatic carbocycles. The SMILES string of the molecule is Cl.N#CC1CN(C(=O)c2ccc(-c3nc(Nc4cnn(C5CC5)c4)ncc3F)cc2F)C1.O=C(O)c1ccc(-c2nc(Nc3cnn(C4CC4)c3)ncc2F)cc1F.[C-]#[N+]C1CNC1. The van der Waals surface area contributed by atoms with Crippen LogP contribution in [-0.2, 0) is 0 Å². The van der Waals surface area contributed by atoms with Crippen molar-refractivity contribution in [2.45, 2.75) is 43.8 Å². The predicted octanol–water partition coefficient (Wildman–Crippen LogP) is 6.99. The molecule has 2 aliphatic carbocycles. The second-order valence-electron chi connectivity index (χ2n) is 15.1. The predicted molar refractivity (Wildman–Crippen MR) is 225 cm³/mol. The molecule has 0 unspecified atom stereocenters. The van der Waals surface area contributed by atoms with Crippen molar-refractivity contribution in [3.63, 3.8) is 0 Å². The molecule has 4 fully saturated rings. The first-order valence-corrected chi connectivity index (χ1v) is 19.7. The van der Waals surface area contributed by atoms with E-state index in [-0.39, 0.29) is 71.4 Å². The molecular weight excluding hydrogens is 860 g/mol. The monoisotopic (exact) mass is 896 g/mol. The summed E-state index contributed by atoms with van der Waals surface area (Å²) in [6.45, 7) is 8.82. The molecule has 0 atom stereocenters. The Morgan fingerprint density at radius 3 is 1.62 bits per heavy atom. The molecule has 0 spiro atoms. The molecular formula is C42H37ClF4N14O3. The van der Waals surface area contributed by atoms with E-state index < -0.39 is 40.7 Å². The van der Waals surface area contributed by atoms with Crippen molar-refractivity contribution in [1.82, 2.24) is 49.7 Å². The van der Waals surface area contributed by atoms with Crippen LogP contribution < -0.4 is 16.0 Å². The summed E-state index contributed by atoms with van der Waals surface area (Å²) >= 11 is 0. The van der Waals surface area contributed by atoms with Gasteiger partial charge in [-0.05, 0) is 49.9 Å². The van der Waals surface area contributed by atoms with Gasteiger partial charge in [-0.25, -0.2) is 48.9 Å². The summed E-state index contributed by atoms with van der Waals surface area (Å²) in [5, 5.41) is 35.1. The van der Waals surface area contributed by atoms with Gasteiger partial charge in [0, 0.05) is 36.6 Å². The molecule has 22 heteroatoms. The number of rotatable bonds is 10. The van der Waals surface area contributed by atoms with Crippen LogP contribution in [0.2, 0.25) is 0 Å². The fourth-order valence-corrected chi connectivity index (χ4v) is 6.33. The molecule has 0 radical (unpaired) electrons. The zero-order chi connectivity index (χ0) is 44.2. The fourth-order valence-electron chi connectivity index (χ4n) is 6.33. The lowest BCUT2D eigenvalue weighted by atomic mass is 9.99. The molecule has 2 saturated carbocycles. The summed E-state index contributed by atoms with van der Waals surface area (Å²) in [6, 6.07) is 10.3. The number of anilines is 4. The van der Waals surface area contributed by atoms with Crippen LogP contribution in [0.15, 0.2) is 73.6 Å². The number of nitrogens with zero attached hydrogens (tertiary/aromatic N) is 11. The largest absolute Gasteiger partial charge is 0.478 e. The maximum absolute atomic E-state index is 14.6. The molecule has 17 nitrogen and oxygen atoms in total. The van der Waals surface area contributed by atoms with Gasteiger partial charge in [-0.2, -0.15) is 15.5 Å². The zero-order valence-corrected chi connectivity index (χ0v) is 34.3. The first-order valence-electron chi connectivity index (χ1n) is 19.7. The van der Waals surface area contributed by atoms with E-state index in [1.165, 1.54) is 23.1 Å². The average molecular weight is 897 g/mol. The number of aromatic carboxylic acids is 1. The standard InChI is InChI=1S/C21H17F2N7O.C17H13F2N5O2.C4H6N2.ClH/c22-17-5-13(1-4-16(17)20(31)29-9-12(6-24)10-29)19-18(23)8-25-21(28-19)27-14-7-26-30(11-14)15-2-3-15;18-13-5-9(1-4-12(13)16(25)26)15-14(19)7-20-17(23-15)22-10-6-21-24(8-10)11-2-3-11;1-5-4-2-6-3-4;/h1,4-5,7-8,11-12,15H,2-3,9-10H2,(H,25,27,28);1,4-8,11H,2-3H2,(H,25,26)(H,20,22,23);4,6H,2-3H2;1H. The van der Waals surface area contributed by atoms with E-state index in [0.717, 1.165) is 69.4 Å². The Labute approximate surface area is 368 Å². The van der Waals surface area contributed by atoms with E-state index in [9.17, 15) is 27.2 Å². The van der Waals surface area contributed by atoms with E-state index >= 15 is 0 Å². The van der Waals surface area contributed by atoms with Crippen molar-refractivity contribution >= 4 is 47.6 Å². The number of likely N-dealkylation sites (tertiary alicyclic amines) is 1.